The van der Waals surface area contributed by atoms with E-state index in [1.54, 1.807) is 11.3 Å². The monoisotopic (exact) mass is 238 g/mol. The van der Waals surface area contributed by atoms with Crippen molar-refractivity contribution in [3.8, 4) is 0 Å². The molecule has 0 aliphatic heterocycles. The maximum Gasteiger partial charge on any atom is 0.0519 e. The van der Waals surface area contributed by atoms with Gasteiger partial charge in [0.25, 0.3) is 0 Å². The Hall–Kier alpha value is -0.380. The van der Waals surface area contributed by atoms with Crippen molar-refractivity contribution < 1.29 is 0 Å². The van der Waals surface area contributed by atoms with Gasteiger partial charge in [-0.3, -0.25) is 0 Å². The molecule has 0 aromatic carbocycles. The molecular weight excluding hydrogens is 216 g/mol. The Balaban J connectivity index is 1.80. The van der Waals surface area contributed by atoms with Crippen LogP contribution in [0, 0.1) is 5.92 Å². The van der Waals surface area contributed by atoms with Crippen LogP contribution in [0.5, 0.6) is 0 Å². The summed E-state index contributed by atoms with van der Waals surface area (Å²) in [6.07, 6.45) is 4.27. The van der Waals surface area contributed by atoms with Gasteiger partial charge in [-0.1, -0.05) is 19.4 Å². The largest absolute Gasteiger partial charge is 0.322 e. The highest BCUT2D eigenvalue weighted by Crippen LogP contribution is 2.27. The molecule has 3 heteroatoms. The van der Waals surface area contributed by atoms with E-state index in [4.69, 9.17) is 5.73 Å². The van der Waals surface area contributed by atoms with E-state index < -0.39 is 0 Å². The van der Waals surface area contributed by atoms with Crippen molar-refractivity contribution in [2.45, 2.75) is 32.2 Å². The summed E-state index contributed by atoms with van der Waals surface area (Å²) in [7, 11) is 0. The number of hydrogen-bond acceptors (Lipinski definition) is 3. The van der Waals surface area contributed by atoms with E-state index in [-0.39, 0.29) is 6.04 Å². The second-order valence-electron chi connectivity index (χ2n) is 4.77. The fourth-order valence-corrected chi connectivity index (χ4v) is 2.96. The number of thiophene rings is 1. The minimum atomic E-state index is 0.194. The van der Waals surface area contributed by atoms with Crippen LogP contribution in [0.25, 0.3) is 0 Å². The van der Waals surface area contributed by atoms with Crippen molar-refractivity contribution in [2.75, 3.05) is 19.6 Å². The van der Waals surface area contributed by atoms with Crippen molar-refractivity contribution in [3.63, 3.8) is 0 Å². The molecule has 2 nitrogen and oxygen atoms in total. The summed E-state index contributed by atoms with van der Waals surface area (Å²) < 4.78 is 0. The maximum atomic E-state index is 6.22. The van der Waals surface area contributed by atoms with E-state index in [0.717, 1.165) is 19.0 Å². The molecule has 1 aliphatic carbocycles. The Morgan fingerprint density at radius 2 is 2.38 bits per heavy atom. The van der Waals surface area contributed by atoms with E-state index in [2.05, 4.69) is 29.3 Å². The van der Waals surface area contributed by atoms with Crippen molar-refractivity contribution in [1.82, 2.24) is 4.90 Å². The zero-order valence-electron chi connectivity index (χ0n) is 10.1. The van der Waals surface area contributed by atoms with Gasteiger partial charge in [0, 0.05) is 18.0 Å². The Morgan fingerprint density at radius 3 is 2.88 bits per heavy atom. The summed E-state index contributed by atoms with van der Waals surface area (Å²) in [5, 5.41) is 2.11. The number of rotatable bonds is 6. The van der Waals surface area contributed by atoms with Crippen LogP contribution >= 0.6 is 11.3 Å². The smallest absolute Gasteiger partial charge is 0.0519 e. The molecule has 1 unspecified atom stereocenters. The number of likely N-dealkylation sites (N-methyl/N-ethyl adjacent to an activating group) is 1. The minimum Gasteiger partial charge on any atom is -0.322 e. The lowest BCUT2D eigenvalue weighted by atomic mass is 9.85. The topological polar surface area (TPSA) is 29.3 Å². The zero-order valence-corrected chi connectivity index (χ0v) is 10.9. The highest BCUT2D eigenvalue weighted by molar-refractivity contribution is 7.10. The highest BCUT2D eigenvalue weighted by atomic mass is 32.1. The van der Waals surface area contributed by atoms with Crippen LogP contribution in [0.2, 0.25) is 0 Å². The third-order valence-electron chi connectivity index (χ3n) is 3.55. The summed E-state index contributed by atoms with van der Waals surface area (Å²) in [5.74, 6) is 0.940. The first-order valence-electron chi connectivity index (χ1n) is 6.31. The van der Waals surface area contributed by atoms with Crippen LogP contribution in [0.1, 0.15) is 37.1 Å². The lowest BCUT2D eigenvalue weighted by Crippen LogP contribution is -2.37. The van der Waals surface area contributed by atoms with Gasteiger partial charge in [-0.15, -0.1) is 11.3 Å². The Bertz CT molecular complexity index is 293. The second-order valence-corrected chi connectivity index (χ2v) is 5.75. The molecule has 2 rings (SSSR count). The predicted octanol–water partition coefficient (Wildman–Crippen LogP) is 2.87. The molecule has 1 atom stereocenters. The van der Waals surface area contributed by atoms with Gasteiger partial charge in [0.05, 0.1) is 6.04 Å². The molecule has 0 spiro atoms. The van der Waals surface area contributed by atoms with Gasteiger partial charge in [0.1, 0.15) is 0 Å². The van der Waals surface area contributed by atoms with Crippen LogP contribution in [-0.4, -0.2) is 24.5 Å². The van der Waals surface area contributed by atoms with Crippen LogP contribution in [0.4, 0.5) is 0 Å². The van der Waals surface area contributed by atoms with Gasteiger partial charge in [-0.2, -0.15) is 0 Å². The molecule has 0 amide bonds. The summed E-state index contributed by atoms with van der Waals surface area (Å²) in [4.78, 5) is 3.82. The molecule has 1 aromatic heterocycles. The fraction of sp³-hybridized carbons (Fsp3) is 0.692. The molecule has 1 heterocycles. The van der Waals surface area contributed by atoms with E-state index in [9.17, 15) is 0 Å². The first-order chi connectivity index (χ1) is 7.79. The van der Waals surface area contributed by atoms with Gasteiger partial charge in [-0.25, -0.2) is 0 Å². The van der Waals surface area contributed by atoms with Gasteiger partial charge >= 0.3 is 0 Å². The van der Waals surface area contributed by atoms with Crippen LogP contribution in [0.15, 0.2) is 17.5 Å². The van der Waals surface area contributed by atoms with Crippen molar-refractivity contribution in [1.29, 1.82) is 0 Å². The first kappa shape index (κ1) is 12.1. The number of hydrogen-bond donors (Lipinski definition) is 1. The Morgan fingerprint density at radius 1 is 1.56 bits per heavy atom. The number of nitrogens with zero attached hydrogens (tertiary/aromatic N) is 1. The molecule has 1 aromatic rings. The normalized spacial score (nSPS) is 18.7. The quantitative estimate of drug-likeness (QED) is 0.825. The van der Waals surface area contributed by atoms with E-state index >= 15 is 0 Å². The molecule has 90 valence electrons. The molecular formula is C13H22N2S. The average Bonchev–Trinajstić information content (AvgIpc) is 2.74. The average molecular weight is 238 g/mol. The van der Waals surface area contributed by atoms with Crippen molar-refractivity contribution in [3.05, 3.63) is 22.4 Å². The third-order valence-corrected chi connectivity index (χ3v) is 4.56. The summed E-state index contributed by atoms with van der Waals surface area (Å²) in [6.45, 7) is 5.61. The van der Waals surface area contributed by atoms with Gasteiger partial charge in [0.15, 0.2) is 0 Å². The van der Waals surface area contributed by atoms with Crippen LogP contribution in [0.3, 0.4) is 0 Å². The molecule has 1 fully saturated rings. The van der Waals surface area contributed by atoms with Gasteiger partial charge in [-0.05, 0) is 36.8 Å². The molecule has 1 aliphatic rings. The van der Waals surface area contributed by atoms with Gasteiger partial charge in [0.2, 0.25) is 0 Å². The standard InChI is InChI=1S/C13H22N2S/c1-2-15(9-11-5-3-6-11)10-12(14)13-7-4-8-16-13/h4,7-8,11-12H,2-3,5-6,9-10,14H2,1H3. The lowest BCUT2D eigenvalue weighted by Gasteiger charge is -2.32. The van der Waals surface area contributed by atoms with E-state index in [1.807, 2.05) is 0 Å². The molecule has 2 N–H and O–H groups in total. The third kappa shape index (κ3) is 3.06. The lowest BCUT2D eigenvalue weighted by molar-refractivity contribution is 0.177. The maximum absolute atomic E-state index is 6.22. The van der Waals surface area contributed by atoms with E-state index in [1.165, 1.54) is 30.7 Å². The number of nitrogens with two attached hydrogens (primary N) is 1. The molecule has 16 heavy (non-hydrogen) atoms. The second kappa shape index (κ2) is 5.80. The molecule has 1 saturated carbocycles. The van der Waals surface area contributed by atoms with Crippen LogP contribution in [-0.2, 0) is 0 Å². The zero-order chi connectivity index (χ0) is 11.4. The molecule has 0 saturated heterocycles. The van der Waals surface area contributed by atoms with E-state index in [0.29, 0.717) is 0 Å². The van der Waals surface area contributed by atoms with Crippen molar-refractivity contribution >= 4 is 11.3 Å². The summed E-state index contributed by atoms with van der Waals surface area (Å²) >= 11 is 1.77. The Kier molecular flexibility index (Phi) is 4.38. The van der Waals surface area contributed by atoms with Crippen molar-refractivity contribution in [2.24, 2.45) is 11.7 Å². The minimum absolute atomic E-state index is 0.194. The summed E-state index contributed by atoms with van der Waals surface area (Å²) in [6, 6.07) is 4.43. The van der Waals surface area contributed by atoms with Crippen LogP contribution < -0.4 is 5.73 Å². The first-order valence-corrected chi connectivity index (χ1v) is 7.19. The molecule has 0 bridgehead atoms. The predicted molar refractivity (Wildman–Crippen MR) is 70.7 cm³/mol. The Labute approximate surface area is 102 Å². The van der Waals surface area contributed by atoms with Gasteiger partial charge < -0.3 is 10.6 Å². The summed E-state index contributed by atoms with van der Waals surface area (Å²) in [5.41, 5.74) is 6.22. The molecule has 0 radical (unpaired) electrons. The fourth-order valence-electron chi connectivity index (χ4n) is 2.24. The SMILES string of the molecule is CCN(CC1CCC1)CC(N)c1cccs1. The highest BCUT2D eigenvalue weighted by Gasteiger charge is 2.21.